The molecule has 3 nitrogen and oxygen atoms in total. The first-order valence-corrected chi connectivity index (χ1v) is 5.84. The van der Waals surface area contributed by atoms with Crippen LogP contribution in [-0.2, 0) is 6.42 Å². The van der Waals surface area contributed by atoms with E-state index < -0.39 is 0 Å². The average Bonchev–Trinajstić information content (AvgIpc) is 2.76. The van der Waals surface area contributed by atoms with Gasteiger partial charge in [0.2, 0.25) is 0 Å². The molecule has 0 N–H and O–H groups in total. The van der Waals surface area contributed by atoms with Crippen LogP contribution in [0.25, 0.3) is 0 Å². The van der Waals surface area contributed by atoms with Crippen molar-refractivity contribution in [2.24, 2.45) is 0 Å². The van der Waals surface area contributed by atoms with Gasteiger partial charge in [0.05, 0.1) is 11.4 Å². The third kappa shape index (κ3) is 2.05. The molecule has 0 atom stereocenters. The van der Waals surface area contributed by atoms with Crippen LogP contribution in [0.2, 0.25) is 0 Å². The maximum absolute atomic E-state index is 10.4. The summed E-state index contributed by atoms with van der Waals surface area (Å²) < 4.78 is 0. The molecule has 0 unspecified atom stereocenters. The zero-order valence-electron chi connectivity index (χ0n) is 7.56. The van der Waals surface area contributed by atoms with Gasteiger partial charge >= 0.3 is 0 Å². The van der Waals surface area contributed by atoms with Crippen LogP contribution in [0.4, 0.5) is 0 Å². The number of aromatic nitrogens is 2. The minimum absolute atomic E-state index is 0.512. The van der Waals surface area contributed by atoms with Crippen molar-refractivity contribution in [3.63, 3.8) is 0 Å². The molecule has 2 aromatic heterocycles. The van der Waals surface area contributed by atoms with E-state index in [0.717, 1.165) is 28.4 Å². The SMILES string of the molecule is Cc1csc(Cc2nc(C=O)cs2)n1. The normalized spacial score (nSPS) is 10.4. The Morgan fingerprint density at radius 2 is 2.00 bits per heavy atom. The van der Waals surface area contributed by atoms with Gasteiger partial charge in [-0.25, -0.2) is 9.97 Å². The summed E-state index contributed by atoms with van der Waals surface area (Å²) in [6, 6.07) is 0. The van der Waals surface area contributed by atoms with Crippen LogP contribution in [0.1, 0.15) is 26.2 Å². The van der Waals surface area contributed by atoms with E-state index in [1.54, 1.807) is 16.7 Å². The lowest BCUT2D eigenvalue weighted by Gasteiger charge is -1.88. The monoisotopic (exact) mass is 224 g/mol. The first kappa shape index (κ1) is 9.48. The van der Waals surface area contributed by atoms with Crippen molar-refractivity contribution in [2.75, 3.05) is 0 Å². The summed E-state index contributed by atoms with van der Waals surface area (Å²) >= 11 is 3.13. The van der Waals surface area contributed by atoms with E-state index in [0.29, 0.717) is 5.69 Å². The number of carbonyl (C=O) groups excluding carboxylic acids is 1. The summed E-state index contributed by atoms with van der Waals surface area (Å²) in [6.07, 6.45) is 1.50. The first-order valence-electron chi connectivity index (χ1n) is 4.08. The summed E-state index contributed by atoms with van der Waals surface area (Å²) in [5, 5.41) is 5.78. The molecule has 0 aromatic carbocycles. The predicted octanol–water partition coefficient (Wildman–Crippen LogP) is 2.31. The van der Waals surface area contributed by atoms with Gasteiger partial charge in [-0.3, -0.25) is 4.79 Å². The Hall–Kier alpha value is -1.07. The highest BCUT2D eigenvalue weighted by atomic mass is 32.1. The van der Waals surface area contributed by atoms with Crippen molar-refractivity contribution >= 4 is 29.0 Å². The third-order valence-electron chi connectivity index (χ3n) is 1.66. The Morgan fingerprint density at radius 3 is 2.57 bits per heavy atom. The number of hydrogen-bond donors (Lipinski definition) is 0. The Kier molecular flexibility index (Phi) is 2.69. The predicted molar refractivity (Wildman–Crippen MR) is 57.2 cm³/mol. The lowest BCUT2D eigenvalue weighted by atomic mass is 10.4. The number of nitrogens with zero attached hydrogens (tertiary/aromatic N) is 2. The van der Waals surface area contributed by atoms with Crippen LogP contribution in [0, 0.1) is 6.92 Å². The second kappa shape index (κ2) is 3.98. The van der Waals surface area contributed by atoms with Gasteiger partial charge < -0.3 is 0 Å². The largest absolute Gasteiger partial charge is 0.296 e. The molecular formula is C9H8N2OS2. The molecule has 72 valence electrons. The summed E-state index contributed by atoms with van der Waals surface area (Å²) in [5.74, 6) is 0. The Labute approximate surface area is 89.5 Å². The van der Waals surface area contributed by atoms with Gasteiger partial charge in [-0.1, -0.05) is 0 Å². The van der Waals surface area contributed by atoms with E-state index >= 15 is 0 Å². The van der Waals surface area contributed by atoms with Gasteiger partial charge in [0.25, 0.3) is 0 Å². The van der Waals surface area contributed by atoms with E-state index in [4.69, 9.17) is 0 Å². The van der Waals surface area contributed by atoms with Crippen molar-refractivity contribution in [2.45, 2.75) is 13.3 Å². The number of carbonyl (C=O) groups is 1. The van der Waals surface area contributed by atoms with Gasteiger partial charge in [0.15, 0.2) is 6.29 Å². The van der Waals surface area contributed by atoms with Gasteiger partial charge in [-0.2, -0.15) is 0 Å². The van der Waals surface area contributed by atoms with Gasteiger partial charge in [-0.05, 0) is 6.92 Å². The van der Waals surface area contributed by atoms with Crippen molar-refractivity contribution in [1.29, 1.82) is 0 Å². The molecule has 0 aliphatic heterocycles. The Morgan fingerprint density at radius 1 is 1.29 bits per heavy atom. The van der Waals surface area contributed by atoms with Crippen molar-refractivity contribution in [3.05, 3.63) is 32.2 Å². The zero-order valence-corrected chi connectivity index (χ0v) is 9.19. The molecule has 0 saturated carbocycles. The topological polar surface area (TPSA) is 42.9 Å². The van der Waals surface area contributed by atoms with Crippen molar-refractivity contribution in [3.8, 4) is 0 Å². The molecule has 0 aliphatic carbocycles. The molecule has 0 amide bonds. The number of thiazole rings is 2. The van der Waals surface area contributed by atoms with Gasteiger partial charge in [0.1, 0.15) is 10.7 Å². The number of aldehydes is 1. The molecule has 2 rings (SSSR count). The van der Waals surface area contributed by atoms with Crippen molar-refractivity contribution < 1.29 is 4.79 Å². The minimum Gasteiger partial charge on any atom is -0.296 e. The summed E-state index contributed by atoms with van der Waals surface area (Å²) in [7, 11) is 0. The van der Waals surface area contributed by atoms with E-state index in [-0.39, 0.29) is 0 Å². The number of rotatable bonds is 3. The van der Waals surface area contributed by atoms with Crippen molar-refractivity contribution in [1.82, 2.24) is 9.97 Å². The maximum atomic E-state index is 10.4. The summed E-state index contributed by atoms with van der Waals surface area (Å²) in [6.45, 7) is 1.97. The molecule has 0 fully saturated rings. The molecule has 0 aliphatic rings. The molecule has 0 bridgehead atoms. The minimum atomic E-state index is 0.512. The van der Waals surface area contributed by atoms with Crippen LogP contribution < -0.4 is 0 Å². The fraction of sp³-hybridized carbons (Fsp3) is 0.222. The lowest BCUT2D eigenvalue weighted by Crippen LogP contribution is -1.87. The van der Waals surface area contributed by atoms with E-state index in [9.17, 15) is 4.79 Å². The highest BCUT2D eigenvalue weighted by Gasteiger charge is 2.04. The molecule has 0 spiro atoms. The zero-order chi connectivity index (χ0) is 9.97. The van der Waals surface area contributed by atoms with Crippen LogP contribution >= 0.6 is 22.7 Å². The maximum Gasteiger partial charge on any atom is 0.169 e. The standard InChI is InChI=1S/C9H8N2OS2/c1-6-4-13-8(10-6)2-9-11-7(3-12)5-14-9/h3-5H,2H2,1H3. The molecule has 2 heterocycles. The van der Waals surface area contributed by atoms with Crippen LogP contribution in [-0.4, -0.2) is 16.3 Å². The van der Waals surface area contributed by atoms with Gasteiger partial charge in [-0.15, -0.1) is 22.7 Å². The average molecular weight is 224 g/mol. The van der Waals surface area contributed by atoms with Crippen LogP contribution in [0.15, 0.2) is 10.8 Å². The van der Waals surface area contributed by atoms with Crippen LogP contribution in [0.5, 0.6) is 0 Å². The van der Waals surface area contributed by atoms with E-state index in [1.165, 1.54) is 11.3 Å². The molecule has 14 heavy (non-hydrogen) atoms. The molecule has 0 radical (unpaired) electrons. The highest BCUT2D eigenvalue weighted by Crippen LogP contribution is 2.16. The van der Waals surface area contributed by atoms with E-state index in [1.807, 2.05) is 12.3 Å². The fourth-order valence-electron chi connectivity index (χ4n) is 1.07. The number of hydrogen-bond acceptors (Lipinski definition) is 5. The first-order chi connectivity index (χ1) is 6.78. The highest BCUT2D eigenvalue weighted by molar-refractivity contribution is 7.11. The van der Waals surface area contributed by atoms with Gasteiger partial charge in [0, 0.05) is 16.5 Å². The Bertz CT molecular complexity index is 447. The third-order valence-corrected chi connectivity index (χ3v) is 3.49. The quantitative estimate of drug-likeness (QED) is 0.751. The second-order valence-corrected chi connectivity index (χ2v) is 4.73. The molecule has 5 heteroatoms. The molecule has 0 saturated heterocycles. The number of aryl methyl sites for hydroxylation is 1. The van der Waals surface area contributed by atoms with E-state index in [2.05, 4.69) is 9.97 Å². The summed E-state index contributed by atoms with van der Waals surface area (Å²) in [5.41, 5.74) is 1.55. The fourth-order valence-corrected chi connectivity index (χ4v) is 2.68. The van der Waals surface area contributed by atoms with Crippen LogP contribution in [0.3, 0.4) is 0 Å². The summed E-state index contributed by atoms with van der Waals surface area (Å²) in [4.78, 5) is 18.9. The molecular weight excluding hydrogens is 216 g/mol. The Balaban J connectivity index is 2.14. The lowest BCUT2D eigenvalue weighted by molar-refractivity contribution is 0.111. The molecule has 2 aromatic rings. The second-order valence-electron chi connectivity index (χ2n) is 2.84. The smallest absolute Gasteiger partial charge is 0.169 e.